The first-order valence-electron chi connectivity index (χ1n) is 8.73. The molecule has 0 fully saturated rings. The van der Waals surface area contributed by atoms with Gasteiger partial charge in [-0.25, -0.2) is 0 Å². The molecule has 0 aliphatic heterocycles. The van der Waals surface area contributed by atoms with Crippen molar-refractivity contribution in [2.45, 2.75) is 43.8 Å². The van der Waals surface area contributed by atoms with Crippen LogP contribution in [0.1, 0.15) is 43.1 Å². The van der Waals surface area contributed by atoms with Gasteiger partial charge in [0.2, 0.25) is 0 Å². The maximum atomic E-state index is 5.94. The Morgan fingerprint density at radius 2 is 1.83 bits per heavy atom. The zero-order chi connectivity index (χ0) is 17.2. The zero-order valence-corrected chi connectivity index (χ0v) is 16.6. The monoisotopic (exact) mass is 360 g/mol. The van der Waals surface area contributed by atoms with Crippen LogP contribution in [0.2, 0.25) is 0 Å². The molecule has 0 bridgehead atoms. The van der Waals surface area contributed by atoms with Crippen molar-refractivity contribution in [3.63, 3.8) is 0 Å². The average Bonchev–Trinajstić information content (AvgIpc) is 2.62. The van der Waals surface area contributed by atoms with Gasteiger partial charge in [0.25, 0.3) is 0 Å². The van der Waals surface area contributed by atoms with E-state index in [1.165, 1.54) is 22.4 Å². The highest BCUT2D eigenvalue weighted by Gasteiger charge is 2.05. The molecule has 1 nitrogen and oxygen atoms in total. The Kier molecular flexibility index (Phi) is 8.62. The van der Waals surface area contributed by atoms with Gasteiger partial charge in [0, 0.05) is 10.1 Å². The maximum Gasteiger partial charge on any atom is 0.120 e. The van der Waals surface area contributed by atoms with E-state index < -0.39 is 0 Å². The summed E-state index contributed by atoms with van der Waals surface area (Å²) < 4.78 is 5.94. The van der Waals surface area contributed by atoms with Crippen molar-refractivity contribution in [1.29, 1.82) is 0 Å². The summed E-state index contributed by atoms with van der Waals surface area (Å²) in [5.41, 5.74) is 2.74. The van der Waals surface area contributed by atoms with Gasteiger partial charge in [0.05, 0.1) is 6.61 Å². The molecule has 0 saturated heterocycles. The van der Waals surface area contributed by atoms with Crippen molar-refractivity contribution in [2.24, 2.45) is 0 Å². The number of ether oxygens (including phenoxy) is 1. The number of rotatable bonds is 10. The molecule has 2 aromatic carbocycles. The molecule has 2 aromatic rings. The van der Waals surface area contributed by atoms with Crippen LogP contribution in [0.15, 0.2) is 53.4 Å². The van der Waals surface area contributed by atoms with Crippen LogP contribution in [0.25, 0.3) is 0 Å². The molecule has 0 radical (unpaired) electrons. The predicted molar refractivity (Wildman–Crippen MR) is 110 cm³/mol. The average molecular weight is 361 g/mol. The summed E-state index contributed by atoms with van der Waals surface area (Å²) in [4.78, 5) is 1.35. The van der Waals surface area contributed by atoms with Gasteiger partial charge in [-0.15, -0.1) is 11.8 Å². The van der Waals surface area contributed by atoms with Crippen LogP contribution in [0.4, 0.5) is 0 Å². The molecule has 3 heteroatoms. The van der Waals surface area contributed by atoms with Crippen LogP contribution < -0.4 is 4.74 Å². The van der Waals surface area contributed by atoms with Crippen molar-refractivity contribution in [2.75, 3.05) is 18.1 Å². The fourth-order valence-corrected chi connectivity index (χ4v) is 4.27. The van der Waals surface area contributed by atoms with E-state index in [-0.39, 0.29) is 0 Å². The fourth-order valence-electron chi connectivity index (χ4n) is 2.37. The van der Waals surface area contributed by atoms with Gasteiger partial charge in [0.15, 0.2) is 0 Å². The second kappa shape index (κ2) is 10.7. The highest BCUT2D eigenvalue weighted by atomic mass is 32.2. The molecule has 24 heavy (non-hydrogen) atoms. The summed E-state index contributed by atoms with van der Waals surface area (Å²) in [5, 5.41) is 0.544. The molecule has 0 N–H and O–H groups in total. The second-order valence-electron chi connectivity index (χ2n) is 5.90. The third kappa shape index (κ3) is 6.45. The van der Waals surface area contributed by atoms with Crippen molar-refractivity contribution in [3.05, 3.63) is 59.7 Å². The van der Waals surface area contributed by atoms with Gasteiger partial charge in [-0.05, 0) is 61.5 Å². The Labute approximate surface area is 155 Å². The van der Waals surface area contributed by atoms with Crippen LogP contribution in [-0.2, 0) is 0 Å². The molecule has 130 valence electrons. The van der Waals surface area contributed by atoms with Crippen LogP contribution in [0, 0.1) is 6.92 Å². The second-order valence-corrected chi connectivity index (χ2v) is 8.49. The molecule has 0 amide bonds. The smallest absolute Gasteiger partial charge is 0.120 e. The van der Waals surface area contributed by atoms with E-state index in [1.54, 1.807) is 0 Å². The van der Waals surface area contributed by atoms with E-state index in [4.69, 9.17) is 4.74 Å². The number of hydrogen-bond acceptors (Lipinski definition) is 3. The number of benzene rings is 2. The molecule has 0 saturated carbocycles. The first-order valence-corrected chi connectivity index (χ1v) is 10.8. The Morgan fingerprint density at radius 1 is 1.04 bits per heavy atom. The minimum absolute atomic E-state index is 0.544. The molecule has 0 heterocycles. The molecule has 1 unspecified atom stereocenters. The normalized spacial score (nSPS) is 12.1. The topological polar surface area (TPSA) is 9.23 Å². The summed E-state index contributed by atoms with van der Waals surface area (Å²) >= 11 is 3.92. The van der Waals surface area contributed by atoms with Gasteiger partial charge >= 0.3 is 0 Å². The standard InChI is InChI=1S/C21H28OS2/c1-4-14-24-21-16-20(12-11-17(21)2)22-13-8-15-23-18(3)19-9-6-5-7-10-19/h5-7,9-12,16,18H,4,8,13-15H2,1-3H3. The molecule has 0 aliphatic rings. The fraction of sp³-hybridized carbons (Fsp3) is 0.429. The number of aryl methyl sites for hydroxylation is 1. The van der Waals surface area contributed by atoms with Gasteiger partial charge < -0.3 is 4.74 Å². The molecular formula is C21H28OS2. The summed E-state index contributed by atoms with van der Waals surface area (Å²) in [6.45, 7) is 7.45. The van der Waals surface area contributed by atoms with E-state index >= 15 is 0 Å². The van der Waals surface area contributed by atoms with Gasteiger partial charge in [0.1, 0.15) is 5.75 Å². The predicted octanol–water partition coefficient (Wildman–Crippen LogP) is 6.76. The molecule has 0 aromatic heterocycles. The summed E-state index contributed by atoms with van der Waals surface area (Å²) in [5.74, 6) is 3.29. The third-order valence-electron chi connectivity index (χ3n) is 3.82. The van der Waals surface area contributed by atoms with E-state index in [0.29, 0.717) is 5.25 Å². The molecule has 0 aliphatic carbocycles. The van der Waals surface area contributed by atoms with Gasteiger partial charge in [-0.3, -0.25) is 0 Å². The lowest BCUT2D eigenvalue weighted by molar-refractivity contribution is 0.318. The lowest BCUT2D eigenvalue weighted by Crippen LogP contribution is -2.00. The molecule has 2 rings (SSSR count). The molecule has 1 atom stereocenters. The van der Waals surface area contributed by atoms with Crippen LogP contribution in [0.5, 0.6) is 5.75 Å². The largest absolute Gasteiger partial charge is 0.494 e. The first kappa shape index (κ1) is 19.3. The highest BCUT2D eigenvalue weighted by molar-refractivity contribution is 7.99. The van der Waals surface area contributed by atoms with E-state index in [0.717, 1.165) is 30.3 Å². The number of thioether (sulfide) groups is 2. The van der Waals surface area contributed by atoms with Crippen LogP contribution in [-0.4, -0.2) is 18.1 Å². The first-order chi connectivity index (χ1) is 11.7. The summed E-state index contributed by atoms with van der Waals surface area (Å²) in [6.07, 6.45) is 2.28. The number of hydrogen-bond donors (Lipinski definition) is 0. The van der Waals surface area contributed by atoms with E-state index in [2.05, 4.69) is 69.3 Å². The Morgan fingerprint density at radius 3 is 2.58 bits per heavy atom. The summed E-state index contributed by atoms with van der Waals surface area (Å²) in [6, 6.07) is 17.2. The van der Waals surface area contributed by atoms with Crippen LogP contribution in [0.3, 0.4) is 0 Å². The quantitative estimate of drug-likeness (QED) is 0.342. The van der Waals surface area contributed by atoms with Gasteiger partial charge in [-0.2, -0.15) is 11.8 Å². The lowest BCUT2D eigenvalue weighted by atomic mass is 10.2. The van der Waals surface area contributed by atoms with Crippen molar-refractivity contribution < 1.29 is 4.74 Å². The minimum Gasteiger partial charge on any atom is -0.494 e. The molecule has 0 spiro atoms. The lowest BCUT2D eigenvalue weighted by Gasteiger charge is -2.12. The third-order valence-corrected chi connectivity index (χ3v) is 6.48. The zero-order valence-electron chi connectivity index (χ0n) is 15.0. The van der Waals surface area contributed by atoms with Gasteiger partial charge in [-0.1, -0.05) is 43.3 Å². The Balaban J connectivity index is 1.70. The van der Waals surface area contributed by atoms with Crippen molar-refractivity contribution >= 4 is 23.5 Å². The van der Waals surface area contributed by atoms with Crippen molar-refractivity contribution in [3.8, 4) is 5.75 Å². The Hall–Kier alpha value is -1.06. The summed E-state index contributed by atoms with van der Waals surface area (Å²) in [7, 11) is 0. The Bertz CT molecular complexity index is 598. The van der Waals surface area contributed by atoms with Crippen molar-refractivity contribution in [1.82, 2.24) is 0 Å². The highest BCUT2D eigenvalue weighted by Crippen LogP contribution is 2.29. The van der Waals surface area contributed by atoms with E-state index in [1.807, 2.05) is 23.5 Å². The SMILES string of the molecule is CCCSc1cc(OCCCSC(C)c2ccccc2)ccc1C. The molecular weight excluding hydrogens is 332 g/mol. The van der Waals surface area contributed by atoms with E-state index in [9.17, 15) is 0 Å². The minimum atomic E-state index is 0.544. The van der Waals surface area contributed by atoms with Crippen LogP contribution >= 0.6 is 23.5 Å². The maximum absolute atomic E-state index is 5.94.